The lowest BCUT2D eigenvalue weighted by Crippen LogP contribution is -2.36. The van der Waals surface area contributed by atoms with E-state index in [-0.39, 0.29) is 0 Å². The Morgan fingerprint density at radius 1 is 1.43 bits per heavy atom. The van der Waals surface area contributed by atoms with E-state index in [1.807, 2.05) is 0 Å². The summed E-state index contributed by atoms with van der Waals surface area (Å²) in [6.45, 7) is 8.24. The lowest BCUT2D eigenvalue weighted by atomic mass is 9.98. The second-order valence-corrected chi connectivity index (χ2v) is 5.07. The van der Waals surface area contributed by atoms with Gasteiger partial charge in [-0.15, -0.1) is 0 Å². The average molecular weight is 199 g/mol. The van der Waals surface area contributed by atoms with Crippen LogP contribution in [0.2, 0.25) is 0 Å². The van der Waals surface area contributed by atoms with E-state index in [2.05, 4.69) is 26.1 Å². The van der Waals surface area contributed by atoms with Crippen molar-refractivity contribution < 1.29 is 5.11 Å². The smallest absolute Gasteiger partial charge is 0.0434 e. The summed E-state index contributed by atoms with van der Waals surface area (Å²) >= 11 is 0. The van der Waals surface area contributed by atoms with Gasteiger partial charge in [-0.05, 0) is 44.1 Å². The Morgan fingerprint density at radius 3 is 2.50 bits per heavy atom. The summed E-state index contributed by atoms with van der Waals surface area (Å²) in [5.74, 6) is 0.643. The minimum atomic E-state index is 0.325. The van der Waals surface area contributed by atoms with E-state index in [1.54, 1.807) is 0 Å². The van der Waals surface area contributed by atoms with E-state index in [4.69, 9.17) is 5.11 Å². The number of aliphatic hydroxyl groups excluding tert-OH is 1. The predicted octanol–water partition coefficient (Wildman–Crippen LogP) is 2.17. The molecule has 0 amide bonds. The third kappa shape index (κ3) is 3.25. The first-order valence-electron chi connectivity index (χ1n) is 5.96. The van der Waals surface area contributed by atoms with Gasteiger partial charge >= 0.3 is 0 Å². The first-order chi connectivity index (χ1) is 6.62. The molecule has 0 aromatic heterocycles. The fourth-order valence-electron chi connectivity index (χ4n) is 1.85. The van der Waals surface area contributed by atoms with Gasteiger partial charge in [-0.3, -0.25) is 0 Å². The molecule has 14 heavy (non-hydrogen) atoms. The predicted molar refractivity (Wildman–Crippen MR) is 60.3 cm³/mol. The first kappa shape index (κ1) is 12.0. The molecule has 0 bridgehead atoms. The summed E-state index contributed by atoms with van der Waals surface area (Å²) in [6.07, 6.45) is 4.85. The molecular formula is C12H25NO. The zero-order valence-corrected chi connectivity index (χ0v) is 9.84. The average Bonchev–Trinajstić information content (AvgIpc) is 2.91. The summed E-state index contributed by atoms with van der Waals surface area (Å²) in [6, 6.07) is 0.634. The zero-order chi connectivity index (χ0) is 10.6. The number of aliphatic hydroxyl groups is 1. The third-order valence-corrected chi connectivity index (χ3v) is 3.91. The van der Waals surface area contributed by atoms with Crippen LogP contribution >= 0.6 is 0 Å². The van der Waals surface area contributed by atoms with Crippen LogP contribution in [0.3, 0.4) is 0 Å². The van der Waals surface area contributed by atoms with Crippen molar-refractivity contribution in [3.8, 4) is 0 Å². The molecule has 2 nitrogen and oxygen atoms in total. The van der Waals surface area contributed by atoms with Crippen LogP contribution in [0.5, 0.6) is 0 Å². The molecule has 2 unspecified atom stereocenters. The van der Waals surface area contributed by atoms with Crippen LogP contribution < -0.4 is 5.32 Å². The van der Waals surface area contributed by atoms with Crippen LogP contribution in [0.15, 0.2) is 0 Å². The van der Waals surface area contributed by atoms with Gasteiger partial charge in [0.05, 0.1) is 0 Å². The van der Waals surface area contributed by atoms with Crippen molar-refractivity contribution in [3.05, 3.63) is 0 Å². The maximum absolute atomic E-state index is 8.88. The van der Waals surface area contributed by atoms with Gasteiger partial charge in [0.15, 0.2) is 0 Å². The molecule has 2 atom stereocenters. The fraction of sp³-hybridized carbons (Fsp3) is 1.00. The summed E-state index contributed by atoms with van der Waals surface area (Å²) in [7, 11) is 0. The number of hydrogen-bond donors (Lipinski definition) is 2. The van der Waals surface area contributed by atoms with Gasteiger partial charge in [-0.2, -0.15) is 0 Å². The zero-order valence-electron chi connectivity index (χ0n) is 9.84. The summed E-state index contributed by atoms with van der Waals surface area (Å²) in [5.41, 5.74) is 0.567. The Hall–Kier alpha value is -0.0800. The molecule has 1 fully saturated rings. The molecule has 0 aromatic rings. The molecule has 0 saturated heterocycles. The minimum Gasteiger partial charge on any atom is -0.396 e. The van der Waals surface area contributed by atoms with Gasteiger partial charge in [-0.25, -0.2) is 0 Å². The molecule has 1 rings (SSSR count). The Morgan fingerprint density at radius 2 is 2.07 bits per heavy atom. The Balaban J connectivity index is 2.17. The molecule has 84 valence electrons. The first-order valence-corrected chi connectivity index (χ1v) is 5.96. The Labute approximate surface area is 88.1 Å². The fourth-order valence-corrected chi connectivity index (χ4v) is 1.85. The lowest BCUT2D eigenvalue weighted by molar-refractivity contribution is 0.243. The van der Waals surface area contributed by atoms with Crippen LogP contribution in [0.4, 0.5) is 0 Å². The quantitative estimate of drug-likeness (QED) is 0.658. The van der Waals surface area contributed by atoms with Crippen molar-refractivity contribution in [2.45, 2.75) is 52.5 Å². The molecule has 2 N–H and O–H groups in total. The van der Waals surface area contributed by atoms with E-state index >= 15 is 0 Å². The molecule has 2 heteroatoms. The van der Waals surface area contributed by atoms with E-state index in [9.17, 15) is 0 Å². The van der Waals surface area contributed by atoms with E-state index in [0.29, 0.717) is 24.0 Å². The van der Waals surface area contributed by atoms with Gasteiger partial charge in [0.25, 0.3) is 0 Å². The lowest BCUT2D eigenvalue weighted by Gasteiger charge is -2.23. The number of rotatable bonds is 7. The molecule has 1 aliphatic rings. The SMILES string of the molecule is CCC(CCO)CNC(C)C1(C)CC1. The van der Waals surface area contributed by atoms with Crippen molar-refractivity contribution in [2.24, 2.45) is 11.3 Å². The maximum Gasteiger partial charge on any atom is 0.0434 e. The van der Waals surface area contributed by atoms with Crippen molar-refractivity contribution in [1.82, 2.24) is 5.32 Å². The molecule has 0 aliphatic heterocycles. The summed E-state index contributed by atoms with van der Waals surface area (Å²) < 4.78 is 0. The molecule has 0 aromatic carbocycles. The highest BCUT2D eigenvalue weighted by molar-refractivity contribution is 4.96. The van der Waals surface area contributed by atoms with Crippen LogP contribution in [0.25, 0.3) is 0 Å². The highest BCUT2D eigenvalue weighted by atomic mass is 16.3. The van der Waals surface area contributed by atoms with Gasteiger partial charge in [-0.1, -0.05) is 20.3 Å². The van der Waals surface area contributed by atoms with Gasteiger partial charge in [0.1, 0.15) is 0 Å². The van der Waals surface area contributed by atoms with Crippen molar-refractivity contribution in [3.63, 3.8) is 0 Å². The van der Waals surface area contributed by atoms with Crippen molar-refractivity contribution >= 4 is 0 Å². The number of hydrogen-bond acceptors (Lipinski definition) is 2. The van der Waals surface area contributed by atoms with Crippen LogP contribution in [-0.4, -0.2) is 24.3 Å². The monoisotopic (exact) mass is 199 g/mol. The summed E-state index contributed by atoms with van der Waals surface area (Å²) in [4.78, 5) is 0. The second kappa shape index (κ2) is 5.13. The van der Waals surface area contributed by atoms with E-state index in [1.165, 1.54) is 12.8 Å². The van der Waals surface area contributed by atoms with E-state index < -0.39 is 0 Å². The number of nitrogens with one attached hydrogen (secondary N) is 1. The van der Waals surface area contributed by atoms with Crippen LogP contribution in [0.1, 0.15) is 46.5 Å². The normalized spacial score (nSPS) is 23.1. The van der Waals surface area contributed by atoms with Crippen LogP contribution in [0, 0.1) is 11.3 Å². The van der Waals surface area contributed by atoms with Crippen LogP contribution in [-0.2, 0) is 0 Å². The third-order valence-electron chi connectivity index (χ3n) is 3.91. The highest BCUT2D eigenvalue weighted by Gasteiger charge is 2.42. The molecule has 1 aliphatic carbocycles. The van der Waals surface area contributed by atoms with Crippen molar-refractivity contribution in [2.75, 3.05) is 13.2 Å². The minimum absolute atomic E-state index is 0.325. The van der Waals surface area contributed by atoms with Crippen molar-refractivity contribution in [1.29, 1.82) is 0 Å². The topological polar surface area (TPSA) is 32.3 Å². The molecule has 0 heterocycles. The molecule has 0 spiro atoms. The molecule has 0 radical (unpaired) electrons. The largest absolute Gasteiger partial charge is 0.396 e. The van der Waals surface area contributed by atoms with Gasteiger partial charge < -0.3 is 10.4 Å². The van der Waals surface area contributed by atoms with E-state index in [0.717, 1.165) is 19.4 Å². The molecule has 1 saturated carbocycles. The Kier molecular flexibility index (Phi) is 4.39. The van der Waals surface area contributed by atoms with Gasteiger partial charge in [0.2, 0.25) is 0 Å². The Bertz CT molecular complexity index is 166. The maximum atomic E-state index is 8.88. The standard InChI is InChI=1S/C12H25NO/c1-4-11(5-8-14)9-13-10(2)12(3)6-7-12/h10-11,13-14H,4-9H2,1-3H3. The molecular weight excluding hydrogens is 174 g/mol. The second-order valence-electron chi connectivity index (χ2n) is 5.07. The summed E-state index contributed by atoms with van der Waals surface area (Å²) in [5, 5.41) is 12.5. The van der Waals surface area contributed by atoms with Gasteiger partial charge in [0, 0.05) is 12.6 Å². The highest BCUT2D eigenvalue weighted by Crippen LogP contribution is 2.47.